The van der Waals surface area contributed by atoms with Gasteiger partial charge in [0.25, 0.3) is 0 Å². The molecule has 0 aliphatic carbocycles. The molecule has 118 valence electrons. The molecule has 0 saturated heterocycles. The quantitative estimate of drug-likeness (QED) is 0.873. The summed E-state index contributed by atoms with van der Waals surface area (Å²) in [5.74, 6) is -1.61. The monoisotopic (exact) mass is 345 g/mol. The summed E-state index contributed by atoms with van der Waals surface area (Å²) in [6.45, 7) is 0.0232. The van der Waals surface area contributed by atoms with Crippen molar-refractivity contribution in [2.24, 2.45) is 0 Å². The van der Waals surface area contributed by atoms with E-state index in [2.05, 4.69) is 4.72 Å². The zero-order valence-electron chi connectivity index (χ0n) is 11.5. The fraction of sp³-hybridized carbons (Fsp3) is 0.200. The van der Waals surface area contributed by atoms with Crippen LogP contribution in [0.3, 0.4) is 0 Å². The lowest BCUT2D eigenvalue weighted by Crippen LogP contribution is -2.27. The maximum absolute atomic E-state index is 13.4. The highest BCUT2D eigenvalue weighted by Crippen LogP contribution is 2.17. The van der Waals surface area contributed by atoms with Crippen molar-refractivity contribution in [3.63, 3.8) is 0 Å². The van der Waals surface area contributed by atoms with Gasteiger partial charge in [0, 0.05) is 17.6 Å². The van der Waals surface area contributed by atoms with Crippen LogP contribution in [-0.4, -0.2) is 15.0 Å². The smallest absolute Gasteiger partial charge is 0.215 e. The number of benzene rings is 2. The zero-order valence-corrected chi connectivity index (χ0v) is 13.1. The lowest BCUT2D eigenvalue weighted by atomic mass is 10.1. The Morgan fingerprint density at radius 1 is 1.05 bits per heavy atom. The summed E-state index contributed by atoms with van der Waals surface area (Å²) in [6, 6.07) is 9.85. The molecule has 3 nitrogen and oxygen atoms in total. The fourth-order valence-electron chi connectivity index (χ4n) is 1.94. The predicted molar refractivity (Wildman–Crippen MR) is 82.1 cm³/mol. The van der Waals surface area contributed by atoms with Crippen molar-refractivity contribution in [2.45, 2.75) is 12.2 Å². The first-order valence-electron chi connectivity index (χ1n) is 6.52. The summed E-state index contributed by atoms with van der Waals surface area (Å²) in [5.41, 5.74) is 0.742. The number of rotatable bonds is 6. The Kier molecular flexibility index (Phi) is 5.50. The first-order chi connectivity index (χ1) is 10.4. The number of hydrogen-bond donors (Lipinski definition) is 1. The molecule has 0 unspecified atom stereocenters. The topological polar surface area (TPSA) is 46.2 Å². The summed E-state index contributed by atoms with van der Waals surface area (Å²) in [5, 5.41) is 0.373. The summed E-state index contributed by atoms with van der Waals surface area (Å²) < 4.78 is 52.5. The van der Waals surface area contributed by atoms with E-state index in [9.17, 15) is 17.2 Å². The third-order valence-corrected chi connectivity index (χ3v) is 4.74. The molecule has 2 aromatic rings. The van der Waals surface area contributed by atoms with Crippen LogP contribution < -0.4 is 4.72 Å². The van der Waals surface area contributed by atoms with Crippen molar-refractivity contribution >= 4 is 21.6 Å². The van der Waals surface area contributed by atoms with Crippen molar-refractivity contribution in [3.05, 3.63) is 70.2 Å². The van der Waals surface area contributed by atoms with Gasteiger partial charge in [-0.15, -0.1) is 0 Å². The molecule has 2 aromatic carbocycles. The van der Waals surface area contributed by atoms with Gasteiger partial charge in [0.05, 0.1) is 5.75 Å². The van der Waals surface area contributed by atoms with Crippen molar-refractivity contribution < 1.29 is 17.2 Å². The molecule has 22 heavy (non-hydrogen) atoms. The Labute approximate surface area is 133 Å². The van der Waals surface area contributed by atoms with Gasteiger partial charge in [-0.25, -0.2) is 21.9 Å². The van der Waals surface area contributed by atoms with E-state index >= 15 is 0 Å². The second-order valence-electron chi connectivity index (χ2n) is 4.73. The molecule has 0 aliphatic heterocycles. The molecule has 0 heterocycles. The van der Waals surface area contributed by atoms with Crippen LogP contribution >= 0.6 is 11.6 Å². The van der Waals surface area contributed by atoms with Crippen molar-refractivity contribution in [3.8, 4) is 0 Å². The first kappa shape index (κ1) is 16.9. The van der Waals surface area contributed by atoms with Gasteiger partial charge in [-0.2, -0.15) is 0 Å². The minimum absolute atomic E-state index is 0.0232. The molecule has 0 spiro atoms. The molecule has 0 bridgehead atoms. The van der Waals surface area contributed by atoms with Crippen LogP contribution in [0.15, 0.2) is 42.5 Å². The molecular formula is C15H14ClF2NO2S. The Morgan fingerprint density at radius 3 is 2.45 bits per heavy atom. The van der Waals surface area contributed by atoms with E-state index in [1.807, 2.05) is 0 Å². The van der Waals surface area contributed by atoms with Crippen LogP contribution in [-0.2, 0) is 22.2 Å². The summed E-state index contributed by atoms with van der Waals surface area (Å²) >= 11 is 5.92. The van der Waals surface area contributed by atoms with Crippen molar-refractivity contribution in [1.29, 1.82) is 0 Å². The lowest BCUT2D eigenvalue weighted by molar-refractivity contribution is 0.565. The highest BCUT2D eigenvalue weighted by atomic mass is 35.5. The van der Waals surface area contributed by atoms with Gasteiger partial charge in [0.1, 0.15) is 11.6 Å². The molecule has 0 aromatic heterocycles. The average Bonchev–Trinajstić information content (AvgIpc) is 2.43. The molecule has 7 heteroatoms. The normalized spacial score (nSPS) is 11.6. The van der Waals surface area contributed by atoms with Gasteiger partial charge in [-0.3, -0.25) is 0 Å². The Morgan fingerprint density at radius 2 is 1.77 bits per heavy atom. The second kappa shape index (κ2) is 7.17. The maximum atomic E-state index is 13.4. The minimum Gasteiger partial charge on any atom is -0.215 e. The number of nitrogens with one attached hydrogen (secondary N) is 1. The highest BCUT2D eigenvalue weighted by Gasteiger charge is 2.13. The largest absolute Gasteiger partial charge is 0.215 e. The number of sulfonamides is 1. The van der Waals surface area contributed by atoms with Gasteiger partial charge in [-0.1, -0.05) is 35.9 Å². The van der Waals surface area contributed by atoms with Crippen LogP contribution in [0.4, 0.5) is 8.78 Å². The average molecular weight is 346 g/mol. The van der Waals surface area contributed by atoms with Gasteiger partial charge in [0.2, 0.25) is 10.0 Å². The van der Waals surface area contributed by atoms with Crippen LogP contribution in [0, 0.1) is 11.6 Å². The summed E-state index contributed by atoms with van der Waals surface area (Å²) in [6.07, 6.45) is 0.133. The van der Waals surface area contributed by atoms with Gasteiger partial charge >= 0.3 is 0 Å². The lowest BCUT2D eigenvalue weighted by Gasteiger charge is -2.08. The zero-order chi connectivity index (χ0) is 16.2. The predicted octanol–water partition coefficient (Wildman–Crippen LogP) is 3.28. The van der Waals surface area contributed by atoms with Crippen molar-refractivity contribution in [1.82, 2.24) is 4.72 Å². The van der Waals surface area contributed by atoms with E-state index in [-0.39, 0.29) is 24.3 Å². The third kappa shape index (κ3) is 4.76. The van der Waals surface area contributed by atoms with Crippen LogP contribution in [0.25, 0.3) is 0 Å². The molecule has 0 atom stereocenters. The molecule has 0 radical (unpaired) electrons. The first-order valence-corrected chi connectivity index (χ1v) is 8.55. The second-order valence-corrected chi connectivity index (χ2v) is 6.94. The van der Waals surface area contributed by atoms with E-state index in [0.29, 0.717) is 10.6 Å². The van der Waals surface area contributed by atoms with Crippen LogP contribution in [0.2, 0.25) is 5.02 Å². The van der Waals surface area contributed by atoms with E-state index in [1.54, 1.807) is 24.3 Å². The molecule has 1 N–H and O–H groups in total. The standard InChI is InChI=1S/C15H14ClF2NO2S/c16-14-4-2-1-3-12(14)10-22(20,21)19-8-7-11-5-6-13(17)9-15(11)18/h1-6,9,19H,7-8,10H2. The number of halogens is 3. The molecule has 2 rings (SSSR count). The van der Waals surface area contributed by atoms with Gasteiger partial charge in [0.15, 0.2) is 0 Å². The van der Waals surface area contributed by atoms with E-state index in [0.717, 1.165) is 12.1 Å². The third-order valence-electron chi connectivity index (χ3n) is 3.03. The molecule has 0 aliphatic rings. The van der Waals surface area contributed by atoms with E-state index in [4.69, 9.17) is 11.6 Å². The fourth-order valence-corrected chi connectivity index (χ4v) is 3.39. The number of hydrogen-bond acceptors (Lipinski definition) is 2. The molecular weight excluding hydrogens is 332 g/mol. The maximum Gasteiger partial charge on any atom is 0.215 e. The van der Waals surface area contributed by atoms with Crippen molar-refractivity contribution in [2.75, 3.05) is 6.54 Å². The van der Waals surface area contributed by atoms with Crippen LogP contribution in [0.5, 0.6) is 0 Å². The molecule has 0 saturated carbocycles. The summed E-state index contributed by atoms with van der Waals surface area (Å²) in [4.78, 5) is 0. The summed E-state index contributed by atoms with van der Waals surface area (Å²) in [7, 11) is -3.58. The SMILES string of the molecule is O=S(=O)(Cc1ccccc1Cl)NCCc1ccc(F)cc1F. The Balaban J connectivity index is 1.94. The van der Waals surface area contributed by atoms with Gasteiger partial charge in [-0.05, 0) is 29.7 Å². The highest BCUT2D eigenvalue weighted by molar-refractivity contribution is 7.88. The Bertz CT molecular complexity index is 766. The van der Waals surface area contributed by atoms with E-state index < -0.39 is 21.7 Å². The molecule has 0 amide bonds. The Hall–Kier alpha value is -1.50. The van der Waals surface area contributed by atoms with Gasteiger partial charge < -0.3 is 0 Å². The minimum atomic E-state index is -3.58. The van der Waals surface area contributed by atoms with E-state index in [1.165, 1.54) is 6.07 Å². The molecule has 0 fully saturated rings. The van der Waals surface area contributed by atoms with Crippen LogP contribution in [0.1, 0.15) is 11.1 Å².